The summed E-state index contributed by atoms with van der Waals surface area (Å²) in [4.78, 5) is 4.51. The molecular weight excluding hydrogens is 202 g/mol. The monoisotopic (exact) mass is 223 g/mol. The number of ether oxygens (including phenoxy) is 1. The standard InChI is InChI=1S/C12H21N3O/c1-9-6-15-7-11(4-5-12(15)14-9)13-10(2)8-16-3/h6,10-11,13H,4-5,7-8H2,1-3H3. The maximum atomic E-state index is 5.14. The highest BCUT2D eigenvalue weighted by Gasteiger charge is 2.20. The largest absolute Gasteiger partial charge is 0.383 e. The van der Waals surface area contributed by atoms with Crippen molar-refractivity contribution >= 4 is 0 Å². The highest BCUT2D eigenvalue weighted by molar-refractivity contribution is 5.05. The van der Waals surface area contributed by atoms with Crippen molar-refractivity contribution in [1.29, 1.82) is 0 Å². The van der Waals surface area contributed by atoms with E-state index in [1.807, 2.05) is 0 Å². The van der Waals surface area contributed by atoms with Crippen LogP contribution in [0.5, 0.6) is 0 Å². The van der Waals surface area contributed by atoms with Crippen LogP contribution < -0.4 is 5.32 Å². The Morgan fingerprint density at radius 3 is 3.25 bits per heavy atom. The number of aromatic nitrogens is 2. The van der Waals surface area contributed by atoms with Crippen LogP contribution in [0.3, 0.4) is 0 Å². The van der Waals surface area contributed by atoms with Gasteiger partial charge < -0.3 is 14.6 Å². The Labute approximate surface area is 97.0 Å². The molecule has 0 bridgehead atoms. The molecule has 1 aliphatic heterocycles. The lowest BCUT2D eigenvalue weighted by Gasteiger charge is -2.27. The Balaban J connectivity index is 1.92. The van der Waals surface area contributed by atoms with Gasteiger partial charge in [0.25, 0.3) is 0 Å². The van der Waals surface area contributed by atoms with Gasteiger partial charge in [-0.3, -0.25) is 0 Å². The van der Waals surface area contributed by atoms with E-state index >= 15 is 0 Å². The molecule has 0 saturated carbocycles. The third kappa shape index (κ3) is 2.62. The lowest BCUT2D eigenvalue weighted by Crippen LogP contribution is -2.43. The fraction of sp³-hybridized carbons (Fsp3) is 0.750. The molecular formula is C12H21N3O. The third-order valence-electron chi connectivity index (χ3n) is 3.05. The molecule has 1 aliphatic rings. The Kier molecular flexibility index (Phi) is 3.61. The van der Waals surface area contributed by atoms with Gasteiger partial charge in [-0.25, -0.2) is 4.98 Å². The van der Waals surface area contributed by atoms with Gasteiger partial charge in [0, 0.05) is 38.4 Å². The van der Waals surface area contributed by atoms with Crippen molar-refractivity contribution in [3.05, 3.63) is 17.7 Å². The lowest BCUT2D eigenvalue weighted by atomic mass is 10.1. The summed E-state index contributed by atoms with van der Waals surface area (Å²) in [7, 11) is 1.75. The second-order valence-corrected chi connectivity index (χ2v) is 4.71. The van der Waals surface area contributed by atoms with Crippen molar-refractivity contribution in [3.63, 3.8) is 0 Å². The topological polar surface area (TPSA) is 39.1 Å². The SMILES string of the molecule is COCC(C)NC1CCc2nc(C)cn2C1. The molecule has 1 aromatic rings. The minimum absolute atomic E-state index is 0.418. The van der Waals surface area contributed by atoms with Crippen LogP contribution in [0.2, 0.25) is 0 Å². The summed E-state index contributed by atoms with van der Waals surface area (Å²) in [5.74, 6) is 1.23. The van der Waals surface area contributed by atoms with Gasteiger partial charge in [0.05, 0.1) is 12.3 Å². The normalized spacial score (nSPS) is 21.8. The molecule has 4 heteroatoms. The molecule has 0 radical (unpaired) electrons. The molecule has 0 saturated heterocycles. The van der Waals surface area contributed by atoms with Crippen LogP contribution in [0.4, 0.5) is 0 Å². The minimum Gasteiger partial charge on any atom is -0.383 e. The maximum absolute atomic E-state index is 5.14. The molecule has 2 rings (SSSR count). The Morgan fingerprint density at radius 1 is 1.69 bits per heavy atom. The quantitative estimate of drug-likeness (QED) is 0.831. The highest BCUT2D eigenvalue weighted by atomic mass is 16.5. The molecule has 0 spiro atoms. The summed E-state index contributed by atoms with van der Waals surface area (Å²) < 4.78 is 7.41. The zero-order valence-electron chi connectivity index (χ0n) is 10.4. The molecule has 2 unspecified atom stereocenters. The van der Waals surface area contributed by atoms with Crippen molar-refractivity contribution in [2.75, 3.05) is 13.7 Å². The fourth-order valence-corrected chi connectivity index (χ4v) is 2.42. The summed E-state index contributed by atoms with van der Waals surface area (Å²) in [6, 6.07) is 0.965. The van der Waals surface area contributed by atoms with Crippen LogP contribution >= 0.6 is 0 Å². The highest BCUT2D eigenvalue weighted by Crippen LogP contribution is 2.15. The van der Waals surface area contributed by atoms with Crippen LogP contribution in [0.15, 0.2) is 6.20 Å². The summed E-state index contributed by atoms with van der Waals surface area (Å²) in [6.07, 6.45) is 4.39. The molecule has 0 amide bonds. The predicted octanol–water partition coefficient (Wildman–Crippen LogP) is 1.13. The second kappa shape index (κ2) is 4.97. The number of methoxy groups -OCH3 is 1. The van der Waals surface area contributed by atoms with Crippen molar-refractivity contribution < 1.29 is 4.74 Å². The summed E-state index contributed by atoms with van der Waals surface area (Å²) in [5.41, 5.74) is 1.13. The summed E-state index contributed by atoms with van der Waals surface area (Å²) in [5, 5.41) is 3.60. The minimum atomic E-state index is 0.418. The van der Waals surface area contributed by atoms with Gasteiger partial charge in [0.2, 0.25) is 0 Å². The molecule has 2 heterocycles. The fourth-order valence-electron chi connectivity index (χ4n) is 2.42. The molecule has 0 aliphatic carbocycles. The van der Waals surface area contributed by atoms with Crippen molar-refractivity contribution in [2.45, 2.75) is 45.3 Å². The molecule has 2 atom stereocenters. The first-order valence-corrected chi connectivity index (χ1v) is 5.96. The van der Waals surface area contributed by atoms with E-state index < -0.39 is 0 Å². The average molecular weight is 223 g/mol. The second-order valence-electron chi connectivity index (χ2n) is 4.71. The summed E-state index contributed by atoms with van der Waals surface area (Å²) >= 11 is 0. The molecule has 90 valence electrons. The van der Waals surface area contributed by atoms with E-state index in [1.54, 1.807) is 7.11 Å². The number of hydrogen-bond acceptors (Lipinski definition) is 3. The Hall–Kier alpha value is -0.870. The van der Waals surface area contributed by atoms with Gasteiger partial charge in [-0.1, -0.05) is 0 Å². The number of imidazole rings is 1. The molecule has 0 aromatic carbocycles. The molecule has 4 nitrogen and oxygen atoms in total. The van der Waals surface area contributed by atoms with Crippen LogP contribution in [-0.2, 0) is 17.7 Å². The van der Waals surface area contributed by atoms with Crippen molar-refractivity contribution in [1.82, 2.24) is 14.9 Å². The number of nitrogens with zero attached hydrogens (tertiary/aromatic N) is 2. The number of aryl methyl sites for hydroxylation is 2. The van der Waals surface area contributed by atoms with E-state index in [9.17, 15) is 0 Å². The zero-order chi connectivity index (χ0) is 11.5. The number of fused-ring (bicyclic) bond motifs is 1. The number of rotatable bonds is 4. The van der Waals surface area contributed by atoms with E-state index in [-0.39, 0.29) is 0 Å². The van der Waals surface area contributed by atoms with Crippen molar-refractivity contribution in [3.8, 4) is 0 Å². The smallest absolute Gasteiger partial charge is 0.109 e. The van der Waals surface area contributed by atoms with Gasteiger partial charge in [0.15, 0.2) is 0 Å². The van der Waals surface area contributed by atoms with Crippen LogP contribution in [0.1, 0.15) is 24.9 Å². The van der Waals surface area contributed by atoms with E-state index in [0.717, 1.165) is 25.3 Å². The first-order chi connectivity index (χ1) is 7.69. The van der Waals surface area contributed by atoms with E-state index in [2.05, 4.69) is 34.9 Å². The van der Waals surface area contributed by atoms with Gasteiger partial charge in [-0.05, 0) is 20.3 Å². The third-order valence-corrected chi connectivity index (χ3v) is 3.05. The molecule has 0 fully saturated rings. The van der Waals surface area contributed by atoms with Gasteiger partial charge in [-0.2, -0.15) is 0 Å². The zero-order valence-corrected chi connectivity index (χ0v) is 10.4. The van der Waals surface area contributed by atoms with Crippen LogP contribution in [0, 0.1) is 6.92 Å². The first kappa shape index (κ1) is 11.6. The van der Waals surface area contributed by atoms with Crippen molar-refractivity contribution in [2.24, 2.45) is 0 Å². The maximum Gasteiger partial charge on any atom is 0.109 e. The predicted molar refractivity (Wildman–Crippen MR) is 63.5 cm³/mol. The van der Waals surface area contributed by atoms with Gasteiger partial charge >= 0.3 is 0 Å². The van der Waals surface area contributed by atoms with Gasteiger partial charge in [0.1, 0.15) is 5.82 Å². The molecule has 1 aromatic heterocycles. The van der Waals surface area contributed by atoms with E-state index in [4.69, 9.17) is 4.74 Å². The molecule has 16 heavy (non-hydrogen) atoms. The number of nitrogens with one attached hydrogen (secondary N) is 1. The van der Waals surface area contributed by atoms with Crippen LogP contribution in [-0.4, -0.2) is 35.4 Å². The summed E-state index contributed by atoms with van der Waals surface area (Å²) in [6.45, 7) is 6.02. The molecule has 1 N–H and O–H groups in total. The Bertz CT molecular complexity index is 348. The van der Waals surface area contributed by atoms with Crippen LogP contribution in [0.25, 0.3) is 0 Å². The first-order valence-electron chi connectivity index (χ1n) is 5.96. The number of hydrogen-bond donors (Lipinski definition) is 1. The van der Waals surface area contributed by atoms with E-state index in [1.165, 1.54) is 12.2 Å². The lowest BCUT2D eigenvalue weighted by molar-refractivity contribution is 0.162. The van der Waals surface area contributed by atoms with E-state index in [0.29, 0.717) is 12.1 Å². The van der Waals surface area contributed by atoms with Gasteiger partial charge in [-0.15, -0.1) is 0 Å². The average Bonchev–Trinajstić information content (AvgIpc) is 2.57. The Morgan fingerprint density at radius 2 is 2.50 bits per heavy atom.